The summed E-state index contributed by atoms with van der Waals surface area (Å²) in [5.74, 6) is 5.08. The minimum Gasteiger partial charge on any atom is -0.271 e. The van der Waals surface area contributed by atoms with Crippen LogP contribution in [0.25, 0.3) is 0 Å². The second-order valence-electron chi connectivity index (χ2n) is 3.68. The molecule has 0 aliphatic rings. The maximum absolute atomic E-state index is 13.4. The first-order chi connectivity index (χ1) is 8.22. The van der Waals surface area contributed by atoms with Crippen LogP contribution < -0.4 is 11.3 Å². The molecule has 0 aromatic heterocycles. The number of hydrazine groups is 1. The van der Waals surface area contributed by atoms with Crippen LogP contribution in [0.2, 0.25) is 5.02 Å². The molecule has 0 fully saturated rings. The molecule has 0 amide bonds. The van der Waals surface area contributed by atoms with Gasteiger partial charge in [-0.3, -0.25) is 5.84 Å². The first kappa shape index (κ1) is 12.0. The molecule has 17 heavy (non-hydrogen) atoms. The van der Waals surface area contributed by atoms with Crippen LogP contribution in [0.4, 0.5) is 4.39 Å². The van der Waals surface area contributed by atoms with Gasteiger partial charge in [-0.2, -0.15) is 0 Å². The van der Waals surface area contributed by atoms with Crippen molar-refractivity contribution < 1.29 is 4.39 Å². The second-order valence-corrected chi connectivity index (χ2v) is 4.09. The van der Waals surface area contributed by atoms with Crippen LogP contribution in [0.5, 0.6) is 0 Å². The highest BCUT2D eigenvalue weighted by Gasteiger charge is 2.13. The average molecular weight is 251 g/mol. The first-order valence-corrected chi connectivity index (χ1v) is 5.56. The van der Waals surface area contributed by atoms with E-state index in [1.54, 1.807) is 6.07 Å². The lowest BCUT2D eigenvalue weighted by Crippen LogP contribution is -2.28. The Hall–Kier alpha value is -1.42. The van der Waals surface area contributed by atoms with Gasteiger partial charge >= 0.3 is 0 Å². The molecule has 0 saturated carbocycles. The van der Waals surface area contributed by atoms with Gasteiger partial charge in [0.1, 0.15) is 5.82 Å². The highest BCUT2D eigenvalue weighted by Crippen LogP contribution is 2.24. The van der Waals surface area contributed by atoms with Crippen molar-refractivity contribution in [1.82, 2.24) is 5.43 Å². The van der Waals surface area contributed by atoms with E-state index in [1.165, 1.54) is 12.1 Å². The third-order valence-electron chi connectivity index (χ3n) is 2.58. The van der Waals surface area contributed by atoms with Crippen LogP contribution in [0.3, 0.4) is 0 Å². The third kappa shape index (κ3) is 2.64. The van der Waals surface area contributed by atoms with Crippen molar-refractivity contribution in [2.24, 2.45) is 5.84 Å². The Morgan fingerprint density at radius 1 is 1.06 bits per heavy atom. The molecule has 0 bridgehead atoms. The van der Waals surface area contributed by atoms with Crippen LogP contribution in [-0.2, 0) is 0 Å². The minimum atomic E-state index is -0.444. The standard InChI is InChI=1S/C13H12ClFN2/c14-11-7-6-10(8-12(11)15)13(17-16)9-4-2-1-3-5-9/h1-8,13,17H,16H2. The average Bonchev–Trinajstić information content (AvgIpc) is 2.36. The van der Waals surface area contributed by atoms with Crippen molar-refractivity contribution in [3.63, 3.8) is 0 Å². The summed E-state index contributed by atoms with van der Waals surface area (Å²) >= 11 is 5.65. The summed E-state index contributed by atoms with van der Waals surface area (Å²) in [6.07, 6.45) is 0. The molecular weight excluding hydrogens is 239 g/mol. The fraction of sp³-hybridized carbons (Fsp3) is 0.0769. The topological polar surface area (TPSA) is 38.0 Å². The van der Waals surface area contributed by atoms with Gasteiger partial charge < -0.3 is 0 Å². The molecule has 1 unspecified atom stereocenters. The van der Waals surface area contributed by atoms with E-state index in [2.05, 4.69) is 5.43 Å². The van der Waals surface area contributed by atoms with Crippen molar-refractivity contribution in [2.75, 3.05) is 0 Å². The maximum atomic E-state index is 13.4. The van der Waals surface area contributed by atoms with E-state index in [9.17, 15) is 4.39 Å². The van der Waals surface area contributed by atoms with Gasteiger partial charge in [0.2, 0.25) is 0 Å². The van der Waals surface area contributed by atoms with E-state index in [0.29, 0.717) is 0 Å². The highest BCUT2D eigenvalue weighted by atomic mass is 35.5. The van der Waals surface area contributed by atoms with Crippen molar-refractivity contribution >= 4 is 11.6 Å². The Bertz CT molecular complexity index is 502. The van der Waals surface area contributed by atoms with E-state index in [-0.39, 0.29) is 11.1 Å². The van der Waals surface area contributed by atoms with Crippen LogP contribution >= 0.6 is 11.6 Å². The largest absolute Gasteiger partial charge is 0.271 e. The molecule has 4 heteroatoms. The quantitative estimate of drug-likeness (QED) is 0.649. The lowest BCUT2D eigenvalue weighted by Gasteiger charge is -2.17. The molecule has 0 saturated heterocycles. The van der Waals surface area contributed by atoms with Gasteiger partial charge in [-0.15, -0.1) is 0 Å². The maximum Gasteiger partial charge on any atom is 0.142 e. The van der Waals surface area contributed by atoms with E-state index >= 15 is 0 Å². The summed E-state index contributed by atoms with van der Waals surface area (Å²) < 4.78 is 13.4. The van der Waals surface area contributed by atoms with E-state index < -0.39 is 5.82 Å². The molecule has 2 nitrogen and oxygen atoms in total. The summed E-state index contributed by atoms with van der Waals surface area (Å²) in [6.45, 7) is 0. The van der Waals surface area contributed by atoms with Gasteiger partial charge in [0.25, 0.3) is 0 Å². The van der Waals surface area contributed by atoms with E-state index in [0.717, 1.165) is 11.1 Å². The van der Waals surface area contributed by atoms with Crippen molar-refractivity contribution in [3.8, 4) is 0 Å². The van der Waals surface area contributed by atoms with E-state index in [1.807, 2.05) is 30.3 Å². The number of benzene rings is 2. The molecule has 2 aromatic carbocycles. The Morgan fingerprint density at radius 2 is 1.76 bits per heavy atom. The van der Waals surface area contributed by atoms with Gasteiger partial charge in [0.05, 0.1) is 11.1 Å². The highest BCUT2D eigenvalue weighted by molar-refractivity contribution is 6.30. The SMILES string of the molecule is NNC(c1ccccc1)c1ccc(Cl)c(F)c1. The summed E-state index contributed by atoms with van der Waals surface area (Å²) in [4.78, 5) is 0. The molecule has 2 rings (SSSR count). The monoisotopic (exact) mass is 250 g/mol. The van der Waals surface area contributed by atoms with Crippen LogP contribution in [-0.4, -0.2) is 0 Å². The molecule has 0 spiro atoms. The van der Waals surface area contributed by atoms with Gasteiger partial charge in [0, 0.05) is 0 Å². The first-order valence-electron chi connectivity index (χ1n) is 5.18. The van der Waals surface area contributed by atoms with Crippen LogP contribution in [0.1, 0.15) is 17.2 Å². The Morgan fingerprint density at radius 3 is 2.35 bits per heavy atom. The number of rotatable bonds is 3. The minimum absolute atomic E-state index is 0.109. The Labute approximate surface area is 104 Å². The summed E-state index contributed by atoms with van der Waals surface area (Å²) in [7, 11) is 0. The normalized spacial score (nSPS) is 12.4. The molecule has 0 aliphatic carbocycles. The summed E-state index contributed by atoms with van der Waals surface area (Å²) in [6, 6.07) is 14.0. The van der Waals surface area contributed by atoms with Crippen molar-refractivity contribution in [3.05, 3.63) is 70.5 Å². The molecule has 0 radical (unpaired) electrons. The fourth-order valence-electron chi connectivity index (χ4n) is 1.72. The number of nitrogens with two attached hydrogens (primary N) is 1. The van der Waals surface area contributed by atoms with Crippen molar-refractivity contribution in [1.29, 1.82) is 0 Å². The van der Waals surface area contributed by atoms with Gasteiger partial charge in [-0.05, 0) is 23.3 Å². The van der Waals surface area contributed by atoms with Gasteiger partial charge in [-0.25, -0.2) is 9.82 Å². The molecular formula is C13H12ClFN2. The molecule has 88 valence electrons. The lowest BCUT2D eigenvalue weighted by molar-refractivity contribution is 0.605. The number of nitrogens with one attached hydrogen (secondary N) is 1. The number of hydrogen-bond donors (Lipinski definition) is 2. The number of halogens is 2. The second kappa shape index (κ2) is 5.27. The fourth-order valence-corrected chi connectivity index (χ4v) is 1.84. The van der Waals surface area contributed by atoms with Crippen molar-refractivity contribution in [2.45, 2.75) is 6.04 Å². The van der Waals surface area contributed by atoms with Crippen LogP contribution in [0, 0.1) is 5.82 Å². The van der Waals surface area contributed by atoms with Crippen LogP contribution in [0.15, 0.2) is 48.5 Å². The van der Waals surface area contributed by atoms with E-state index in [4.69, 9.17) is 17.4 Å². The van der Waals surface area contributed by atoms with Gasteiger partial charge in [-0.1, -0.05) is 48.0 Å². The smallest absolute Gasteiger partial charge is 0.142 e. The molecule has 3 N–H and O–H groups in total. The zero-order valence-corrected chi connectivity index (χ0v) is 9.79. The molecule has 2 aromatic rings. The summed E-state index contributed by atoms with van der Waals surface area (Å²) in [5.41, 5.74) is 4.38. The lowest BCUT2D eigenvalue weighted by atomic mass is 9.99. The molecule has 1 atom stereocenters. The molecule has 0 heterocycles. The Kier molecular flexibility index (Phi) is 3.74. The predicted octanol–water partition coefficient (Wildman–Crippen LogP) is 3.03. The van der Waals surface area contributed by atoms with Gasteiger partial charge in [0.15, 0.2) is 0 Å². The summed E-state index contributed by atoms with van der Waals surface area (Å²) in [5, 5.41) is 0.109. The predicted molar refractivity (Wildman–Crippen MR) is 67.0 cm³/mol. The molecule has 0 aliphatic heterocycles. The Balaban J connectivity index is 2.39. The zero-order chi connectivity index (χ0) is 12.3. The zero-order valence-electron chi connectivity index (χ0n) is 9.03. The third-order valence-corrected chi connectivity index (χ3v) is 2.88. The number of hydrogen-bond acceptors (Lipinski definition) is 2.